The van der Waals surface area contributed by atoms with E-state index in [0.717, 1.165) is 12.1 Å². The van der Waals surface area contributed by atoms with Crippen LogP contribution in [0.25, 0.3) is 0 Å². The Morgan fingerprint density at radius 1 is 1.33 bits per heavy atom. The lowest BCUT2D eigenvalue weighted by Crippen LogP contribution is -2.30. The zero-order chi connectivity index (χ0) is 16.2. The first-order valence-electron chi connectivity index (χ1n) is 7.53. The molecule has 0 bridgehead atoms. The molecular formula is C15H29N3O2S. The van der Waals surface area contributed by atoms with Crippen LogP contribution in [0.15, 0.2) is 17.2 Å². The number of hydrogen-bond acceptors (Lipinski definition) is 3. The summed E-state index contributed by atoms with van der Waals surface area (Å²) in [7, 11) is 0.134. The third-order valence-corrected chi connectivity index (χ3v) is 5.54. The SMILES string of the molecule is CCC(C)CN(C)S(=O)(=O)c1cc(CNC(C)C)n(C)c1. The summed E-state index contributed by atoms with van der Waals surface area (Å²) in [6.45, 7) is 9.49. The van der Waals surface area contributed by atoms with Crippen molar-refractivity contribution in [2.75, 3.05) is 13.6 Å². The van der Waals surface area contributed by atoms with Crippen molar-refractivity contribution in [1.82, 2.24) is 14.2 Å². The molecule has 0 amide bonds. The molecule has 0 radical (unpaired) electrons. The molecule has 0 aliphatic heterocycles. The number of sulfonamides is 1. The highest BCUT2D eigenvalue weighted by atomic mass is 32.2. The van der Waals surface area contributed by atoms with E-state index in [1.807, 2.05) is 11.6 Å². The molecule has 5 nitrogen and oxygen atoms in total. The Kier molecular flexibility index (Phi) is 6.43. The van der Waals surface area contributed by atoms with Gasteiger partial charge in [0.15, 0.2) is 0 Å². The van der Waals surface area contributed by atoms with Gasteiger partial charge in [-0.3, -0.25) is 0 Å². The van der Waals surface area contributed by atoms with Crippen molar-refractivity contribution in [2.24, 2.45) is 13.0 Å². The highest BCUT2D eigenvalue weighted by Crippen LogP contribution is 2.19. The van der Waals surface area contributed by atoms with Crippen molar-refractivity contribution in [1.29, 1.82) is 0 Å². The first kappa shape index (κ1) is 18.2. The van der Waals surface area contributed by atoms with Gasteiger partial charge in [0, 0.05) is 45.1 Å². The Morgan fingerprint density at radius 3 is 2.48 bits per heavy atom. The van der Waals surface area contributed by atoms with Crippen LogP contribution in [-0.2, 0) is 23.6 Å². The predicted molar refractivity (Wildman–Crippen MR) is 86.7 cm³/mol. The van der Waals surface area contributed by atoms with Gasteiger partial charge in [0.1, 0.15) is 4.90 Å². The van der Waals surface area contributed by atoms with Gasteiger partial charge in [-0.15, -0.1) is 0 Å². The summed E-state index contributed by atoms with van der Waals surface area (Å²) in [5.74, 6) is 0.357. The third kappa shape index (κ3) is 4.83. The molecular weight excluding hydrogens is 286 g/mol. The van der Waals surface area contributed by atoms with Crippen LogP contribution in [-0.4, -0.2) is 36.9 Å². The highest BCUT2D eigenvalue weighted by Gasteiger charge is 2.24. The van der Waals surface area contributed by atoms with Gasteiger partial charge in [-0.05, 0) is 12.0 Å². The zero-order valence-electron chi connectivity index (χ0n) is 14.0. The Morgan fingerprint density at radius 2 is 1.95 bits per heavy atom. The molecule has 0 aliphatic carbocycles. The van der Waals surface area contributed by atoms with E-state index in [9.17, 15) is 8.42 Å². The van der Waals surface area contributed by atoms with Crippen LogP contribution < -0.4 is 5.32 Å². The van der Waals surface area contributed by atoms with Crippen LogP contribution in [0.1, 0.15) is 39.8 Å². The van der Waals surface area contributed by atoms with E-state index < -0.39 is 10.0 Å². The molecule has 1 atom stereocenters. The zero-order valence-corrected chi connectivity index (χ0v) is 14.9. The predicted octanol–water partition coefficient (Wildman–Crippen LogP) is 2.19. The van der Waals surface area contributed by atoms with E-state index in [1.54, 1.807) is 19.3 Å². The van der Waals surface area contributed by atoms with Gasteiger partial charge in [0.2, 0.25) is 10.0 Å². The summed E-state index contributed by atoms with van der Waals surface area (Å²) in [6.07, 6.45) is 2.66. The summed E-state index contributed by atoms with van der Waals surface area (Å²) < 4.78 is 28.5. The Bertz CT molecular complexity index is 549. The average Bonchev–Trinajstić information content (AvgIpc) is 2.78. The molecule has 0 saturated heterocycles. The fraction of sp³-hybridized carbons (Fsp3) is 0.733. The lowest BCUT2D eigenvalue weighted by molar-refractivity contribution is 0.393. The van der Waals surface area contributed by atoms with Crippen LogP contribution in [0, 0.1) is 5.92 Å². The minimum absolute atomic E-state index is 0.357. The van der Waals surface area contributed by atoms with E-state index in [1.165, 1.54) is 4.31 Å². The van der Waals surface area contributed by atoms with E-state index in [-0.39, 0.29) is 0 Å². The molecule has 1 aromatic rings. The van der Waals surface area contributed by atoms with Crippen LogP contribution in [0.3, 0.4) is 0 Å². The van der Waals surface area contributed by atoms with Crippen LogP contribution in [0.5, 0.6) is 0 Å². The Labute approximate surface area is 129 Å². The number of rotatable bonds is 8. The fourth-order valence-electron chi connectivity index (χ4n) is 2.05. The largest absolute Gasteiger partial charge is 0.352 e. The number of nitrogens with zero attached hydrogens (tertiary/aromatic N) is 2. The summed E-state index contributed by atoms with van der Waals surface area (Å²) in [6, 6.07) is 2.13. The molecule has 0 saturated carbocycles. The Hall–Kier alpha value is -0.850. The maximum absolute atomic E-state index is 12.6. The molecule has 1 rings (SSSR count). The van der Waals surface area contributed by atoms with Gasteiger partial charge >= 0.3 is 0 Å². The summed E-state index contributed by atoms with van der Waals surface area (Å²) in [5, 5.41) is 3.31. The topological polar surface area (TPSA) is 54.3 Å². The summed E-state index contributed by atoms with van der Waals surface area (Å²) >= 11 is 0. The molecule has 0 spiro atoms. The molecule has 122 valence electrons. The van der Waals surface area contributed by atoms with Gasteiger partial charge in [0.25, 0.3) is 0 Å². The average molecular weight is 315 g/mol. The van der Waals surface area contributed by atoms with Crippen molar-refractivity contribution in [3.63, 3.8) is 0 Å². The number of aryl methyl sites for hydroxylation is 1. The highest BCUT2D eigenvalue weighted by molar-refractivity contribution is 7.89. The number of aromatic nitrogens is 1. The molecule has 0 aliphatic rings. The van der Waals surface area contributed by atoms with Crippen molar-refractivity contribution < 1.29 is 8.42 Å². The van der Waals surface area contributed by atoms with E-state index >= 15 is 0 Å². The van der Waals surface area contributed by atoms with Gasteiger partial charge in [0.05, 0.1) is 0 Å². The monoisotopic (exact) mass is 315 g/mol. The molecule has 0 fully saturated rings. The van der Waals surface area contributed by atoms with Crippen molar-refractivity contribution >= 4 is 10.0 Å². The normalized spacial score (nSPS) is 14.1. The molecule has 1 N–H and O–H groups in total. The first-order valence-corrected chi connectivity index (χ1v) is 8.97. The van der Waals surface area contributed by atoms with Crippen LogP contribution >= 0.6 is 0 Å². The van der Waals surface area contributed by atoms with E-state index in [4.69, 9.17) is 0 Å². The maximum atomic E-state index is 12.6. The van der Waals surface area contributed by atoms with Crippen LogP contribution in [0.4, 0.5) is 0 Å². The maximum Gasteiger partial charge on any atom is 0.244 e. The van der Waals surface area contributed by atoms with Crippen LogP contribution in [0.2, 0.25) is 0 Å². The molecule has 0 aromatic carbocycles. The standard InChI is InChI=1S/C15H29N3O2S/c1-7-13(4)10-18(6)21(19,20)15-8-14(17(5)11-15)9-16-12(2)3/h8,11-13,16H,7,9-10H2,1-6H3. The van der Waals surface area contributed by atoms with Gasteiger partial charge in [-0.25, -0.2) is 12.7 Å². The Balaban J connectivity index is 2.91. The molecule has 21 heavy (non-hydrogen) atoms. The lowest BCUT2D eigenvalue weighted by Gasteiger charge is -2.19. The minimum atomic E-state index is -3.40. The van der Waals surface area contributed by atoms with Crippen molar-refractivity contribution in [2.45, 2.75) is 51.6 Å². The van der Waals surface area contributed by atoms with Gasteiger partial charge in [-0.1, -0.05) is 34.1 Å². The minimum Gasteiger partial charge on any atom is -0.352 e. The first-order chi connectivity index (χ1) is 9.68. The van der Waals surface area contributed by atoms with Gasteiger partial charge in [-0.2, -0.15) is 0 Å². The van der Waals surface area contributed by atoms with Crippen molar-refractivity contribution in [3.05, 3.63) is 18.0 Å². The molecule has 1 aromatic heterocycles. The summed E-state index contributed by atoms with van der Waals surface area (Å²) in [5.41, 5.74) is 0.971. The third-order valence-electron chi connectivity index (χ3n) is 3.75. The summed E-state index contributed by atoms with van der Waals surface area (Å²) in [4.78, 5) is 0.372. The van der Waals surface area contributed by atoms with E-state index in [2.05, 4.69) is 33.0 Å². The number of hydrogen-bond donors (Lipinski definition) is 1. The second kappa shape index (κ2) is 7.42. The van der Waals surface area contributed by atoms with Crippen molar-refractivity contribution in [3.8, 4) is 0 Å². The fourth-order valence-corrected chi connectivity index (χ4v) is 3.44. The molecule has 1 unspecified atom stereocenters. The molecule has 1 heterocycles. The van der Waals surface area contributed by atoms with E-state index in [0.29, 0.717) is 29.9 Å². The molecule has 6 heteroatoms. The lowest BCUT2D eigenvalue weighted by atomic mass is 10.1. The number of nitrogens with one attached hydrogen (secondary N) is 1. The second-order valence-corrected chi connectivity index (χ2v) is 8.16. The second-order valence-electron chi connectivity index (χ2n) is 6.11. The van der Waals surface area contributed by atoms with Gasteiger partial charge < -0.3 is 9.88 Å². The smallest absolute Gasteiger partial charge is 0.244 e. The quantitative estimate of drug-likeness (QED) is 0.800.